The molecule has 0 amide bonds. The molecule has 18 heavy (non-hydrogen) atoms. The maximum absolute atomic E-state index is 9.06. The van der Waals surface area contributed by atoms with Gasteiger partial charge in [-0.05, 0) is 42.2 Å². The number of rotatable bonds is 2. The maximum Gasteiger partial charge on any atom is 0.121 e. The van der Waals surface area contributed by atoms with Crippen LogP contribution in [0.2, 0.25) is 0 Å². The number of aryl methyl sites for hydroxylation is 1. The monoisotopic (exact) mass is 260 g/mol. The molecule has 0 fully saturated rings. The topological polar surface area (TPSA) is 39.6 Å². The first-order valence-electron chi connectivity index (χ1n) is 6.63. The fourth-order valence-corrected chi connectivity index (χ4v) is 2.97. The standard InChI is InChI=1S/C15H20N2S/c1-4-15(2,3)12-5-6-13-10(8-12)7-11(9-16)14(18)17-13/h7,12H,4-6,8H2,1-3H3,(H,17,18)/t12-/m1/s1. The molecule has 0 saturated heterocycles. The van der Waals surface area contributed by atoms with Crippen molar-refractivity contribution in [3.8, 4) is 6.07 Å². The van der Waals surface area contributed by atoms with E-state index in [1.807, 2.05) is 6.07 Å². The van der Waals surface area contributed by atoms with Crippen LogP contribution in [-0.2, 0) is 12.8 Å². The van der Waals surface area contributed by atoms with Crippen LogP contribution >= 0.6 is 12.2 Å². The minimum absolute atomic E-state index is 0.372. The lowest BCUT2D eigenvalue weighted by Gasteiger charge is -2.37. The number of hydrogen-bond donors (Lipinski definition) is 1. The second kappa shape index (κ2) is 4.85. The fourth-order valence-electron chi connectivity index (χ4n) is 2.74. The van der Waals surface area contributed by atoms with Crippen molar-refractivity contribution < 1.29 is 0 Å². The summed E-state index contributed by atoms with van der Waals surface area (Å²) in [6.07, 6.45) is 4.53. The van der Waals surface area contributed by atoms with E-state index >= 15 is 0 Å². The molecule has 1 aromatic heterocycles. The highest BCUT2D eigenvalue weighted by Crippen LogP contribution is 2.39. The van der Waals surface area contributed by atoms with Gasteiger partial charge in [0, 0.05) is 5.69 Å². The van der Waals surface area contributed by atoms with Gasteiger partial charge < -0.3 is 4.98 Å². The molecule has 1 atom stereocenters. The number of hydrogen-bond acceptors (Lipinski definition) is 2. The van der Waals surface area contributed by atoms with Gasteiger partial charge in [-0.25, -0.2) is 0 Å². The van der Waals surface area contributed by atoms with Crippen molar-refractivity contribution in [2.24, 2.45) is 11.3 Å². The van der Waals surface area contributed by atoms with Crippen LogP contribution in [0.1, 0.15) is 50.4 Å². The smallest absolute Gasteiger partial charge is 0.121 e. The number of nitrogens with zero attached hydrogens (tertiary/aromatic N) is 1. The number of H-pyrrole nitrogens is 1. The van der Waals surface area contributed by atoms with E-state index in [0.29, 0.717) is 21.5 Å². The number of aromatic nitrogens is 1. The minimum Gasteiger partial charge on any atom is -0.349 e. The molecule has 0 radical (unpaired) electrons. The Hall–Kier alpha value is -1.14. The van der Waals surface area contributed by atoms with Crippen LogP contribution in [0.5, 0.6) is 0 Å². The molecule has 0 aliphatic heterocycles. The zero-order valence-corrected chi connectivity index (χ0v) is 12.2. The van der Waals surface area contributed by atoms with E-state index in [1.165, 1.54) is 24.1 Å². The molecular formula is C15H20N2S. The van der Waals surface area contributed by atoms with Crippen LogP contribution < -0.4 is 0 Å². The number of nitriles is 1. The molecule has 1 aliphatic carbocycles. The Morgan fingerprint density at radius 3 is 2.89 bits per heavy atom. The summed E-state index contributed by atoms with van der Waals surface area (Å²) >= 11 is 5.18. The summed E-state index contributed by atoms with van der Waals surface area (Å²) in [4.78, 5) is 3.23. The third kappa shape index (κ3) is 2.35. The lowest BCUT2D eigenvalue weighted by molar-refractivity contribution is 0.182. The van der Waals surface area contributed by atoms with Crippen LogP contribution in [0.4, 0.5) is 0 Å². The summed E-state index contributed by atoms with van der Waals surface area (Å²) in [5.41, 5.74) is 3.51. The lowest BCUT2D eigenvalue weighted by atomic mass is 9.69. The van der Waals surface area contributed by atoms with Crippen molar-refractivity contribution in [3.05, 3.63) is 27.5 Å². The zero-order valence-electron chi connectivity index (χ0n) is 11.3. The van der Waals surface area contributed by atoms with Gasteiger partial charge in [0.1, 0.15) is 10.7 Å². The predicted octanol–water partition coefficient (Wildman–Crippen LogP) is 4.16. The Kier molecular flexibility index (Phi) is 3.59. The molecule has 96 valence electrons. The van der Waals surface area contributed by atoms with Gasteiger partial charge in [0.05, 0.1) is 5.56 Å². The van der Waals surface area contributed by atoms with Crippen LogP contribution in [0.25, 0.3) is 0 Å². The quantitative estimate of drug-likeness (QED) is 0.811. The zero-order chi connectivity index (χ0) is 13.3. The molecular weight excluding hydrogens is 240 g/mol. The van der Waals surface area contributed by atoms with E-state index in [0.717, 1.165) is 12.8 Å². The van der Waals surface area contributed by atoms with Crippen molar-refractivity contribution in [2.75, 3.05) is 0 Å². The molecule has 0 unspecified atom stereocenters. The summed E-state index contributed by atoms with van der Waals surface area (Å²) in [6.45, 7) is 6.95. The third-order valence-corrected chi connectivity index (χ3v) is 4.88. The van der Waals surface area contributed by atoms with E-state index < -0.39 is 0 Å². The molecule has 0 saturated carbocycles. The summed E-state index contributed by atoms with van der Waals surface area (Å²) in [6, 6.07) is 4.17. The molecule has 2 nitrogen and oxygen atoms in total. The van der Waals surface area contributed by atoms with Crippen molar-refractivity contribution >= 4 is 12.2 Å². The fraction of sp³-hybridized carbons (Fsp3) is 0.600. The van der Waals surface area contributed by atoms with Crippen LogP contribution in [0.3, 0.4) is 0 Å². The molecule has 0 aromatic carbocycles. The van der Waals surface area contributed by atoms with Crippen LogP contribution in [0.15, 0.2) is 6.07 Å². The average molecular weight is 260 g/mol. The van der Waals surface area contributed by atoms with E-state index in [4.69, 9.17) is 17.5 Å². The van der Waals surface area contributed by atoms with Gasteiger partial charge in [0.25, 0.3) is 0 Å². The Morgan fingerprint density at radius 2 is 2.28 bits per heavy atom. The largest absolute Gasteiger partial charge is 0.349 e. The van der Waals surface area contributed by atoms with Gasteiger partial charge in [-0.1, -0.05) is 39.4 Å². The lowest BCUT2D eigenvalue weighted by Crippen LogP contribution is -2.29. The Balaban J connectivity index is 2.35. The van der Waals surface area contributed by atoms with Crippen LogP contribution in [-0.4, -0.2) is 4.98 Å². The summed E-state index contributed by atoms with van der Waals surface area (Å²) < 4.78 is 0.587. The number of pyridine rings is 1. The molecule has 0 spiro atoms. The molecule has 3 heteroatoms. The number of fused-ring (bicyclic) bond motifs is 1. The highest BCUT2D eigenvalue weighted by molar-refractivity contribution is 7.71. The van der Waals surface area contributed by atoms with E-state index in [9.17, 15) is 0 Å². The van der Waals surface area contributed by atoms with Gasteiger partial charge >= 0.3 is 0 Å². The molecule has 1 heterocycles. The first-order valence-corrected chi connectivity index (χ1v) is 7.04. The van der Waals surface area contributed by atoms with Gasteiger partial charge in [-0.3, -0.25) is 0 Å². The highest BCUT2D eigenvalue weighted by atomic mass is 32.1. The Labute approximate surface area is 114 Å². The second-order valence-corrected chi connectivity index (χ2v) is 6.32. The van der Waals surface area contributed by atoms with Crippen molar-refractivity contribution in [3.63, 3.8) is 0 Å². The van der Waals surface area contributed by atoms with E-state index in [1.54, 1.807) is 0 Å². The van der Waals surface area contributed by atoms with Crippen molar-refractivity contribution in [1.29, 1.82) is 5.26 Å². The Morgan fingerprint density at radius 1 is 1.56 bits per heavy atom. The third-order valence-electron chi connectivity index (χ3n) is 4.56. The predicted molar refractivity (Wildman–Crippen MR) is 75.9 cm³/mol. The van der Waals surface area contributed by atoms with Gasteiger partial charge in [0.2, 0.25) is 0 Å². The molecule has 1 aromatic rings. The maximum atomic E-state index is 9.06. The molecule has 1 aliphatic rings. The van der Waals surface area contributed by atoms with E-state index in [-0.39, 0.29) is 0 Å². The van der Waals surface area contributed by atoms with Crippen molar-refractivity contribution in [1.82, 2.24) is 4.98 Å². The van der Waals surface area contributed by atoms with Gasteiger partial charge in [-0.15, -0.1) is 0 Å². The Bertz CT molecular complexity index is 549. The van der Waals surface area contributed by atoms with Crippen LogP contribution in [0, 0.1) is 27.3 Å². The second-order valence-electron chi connectivity index (χ2n) is 5.91. The minimum atomic E-state index is 0.372. The van der Waals surface area contributed by atoms with Gasteiger partial charge in [-0.2, -0.15) is 5.26 Å². The summed E-state index contributed by atoms with van der Waals surface area (Å²) in [7, 11) is 0. The van der Waals surface area contributed by atoms with E-state index in [2.05, 4.69) is 31.8 Å². The highest BCUT2D eigenvalue weighted by Gasteiger charge is 2.31. The molecule has 2 rings (SSSR count). The summed E-state index contributed by atoms with van der Waals surface area (Å²) in [5.74, 6) is 0.700. The normalized spacial score (nSPS) is 19.1. The first-order chi connectivity index (χ1) is 8.47. The summed E-state index contributed by atoms with van der Waals surface area (Å²) in [5, 5.41) is 9.06. The van der Waals surface area contributed by atoms with Gasteiger partial charge in [0.15, 0.2) is 0 Å². The molecule has 0 bridgehead atoms. The number of aromatic amines is 1. The SMILES string of the molecule is CCC(C)(C)[C@@H]1CCc2[nH]c(=S)c(C#N)cc2C1. The first kappa shape index (κ1) is 13.3. The number of nitrogens with one attached hydrogen (secondary N) is 1. The average Bonchev–Trinajstić information content (AvgIpc) is 2.37. The molecule has 1 N–H and O–H groups in total. The van der Waals surface area contributed by atoms with Crippen molar-refractivity contribution in [2.45, 2.75) is 46.5 Å².